The molecule has 2 heterocycles. The molecule has 1 aliphatic rings. The highest BCUT2D eigenvalue weighted by Crippen LogP contribution is 2.32. The lowest BCUT2D eigenvalue weighted by Gasteiger charge is -2.36. The number of nitro groups is 1. The molecule has 2 aromatic carbocycles. The van der Waals surface area contributed by atoms with E-state index in [4.69, 9.17) is 0 Å². The van der Waals surface area contributed by atoms with E-state index in [0.717, 1.165) is 5.69 Å². The van der Waals surface area contributed by atoms with Gasteiger partial charge in [0.05, 0.1) is 22.5 Å². The van der Waals surface area contributed by atoms with E-state index in [9.17, 15) is 19.3 Å². The van der Waals surface area contributed by atoms with E-state index in [2.05, 4.69) is 15.2 Å². The van der Waals surface area contributed by atoms with Crippen molar-refractivity contribution in [1.29, 1.82) is 0 Å². The molecule has 1 aromatic heterocycles. The number of carbonyl (C=O) groups is 1. The summed E-state index contributed by atoms with van der Waals surface area (Å²) in [6, 6.07) is 12.3. The maximum absolute atomic E-state index is 13.0. The summed E-state index contributed by atoms with van der Waals surface area (Å²) in [7, 11) is 0. The first kappa shape index (κ1) is 19.7. The molecular formula is C21H20FN5O3. The van der Waals surface area contributed by atoms with Crippen molar-refractivity contribution < 1.29 is 14.1 Å². The van der Waals surface area contributed by atoms with Crippen LogP contribution in [0.25, 0.3) is 10.9 Å². The quantitative estimate of drug-likeness (QED) is 0.514. The molecular weight excluding hydrogens is 389 g/mol. The van der Waals surface area contributed by atoms with Crippen molar-refractivity contribution in [1.82, 2.24) is 9.88 Å². The Bertz CT molecular complexity index is 1080. The summed E-state index contributed by atoms with van der Waals surface area (Å²) in [5.74, 6) is -0.505. The number of anilines is 2. The molecule has 8 nitrogen and oxygen atoms in total. The Kier molecular flexibility index (Phi) is 5.53. The van der Waals surface area contributed by atoms with Gasteiger partial charge in [-0.1, -0.05) is 0 Å². The fraction of sp³-hybridized carbons (Fsp3) is 0.238. The highest BCUT2D eigenvalue weighted by atomic mass is 19.1. The van der Waals surface area contributed by atoms with Crippen molar-refractivity contribution in [3.05, 3.63) is 70.7 Å². The van der Waals surface area contributed by atoms with Gasteiger partial charge in [0, 0.05) is 44.1 Å². The normalized spacial score (nSPS) is 14.6. The Hall–Kier alpha value is -3.59. The predicted octanol–water partition coefficient (Wildman–Crippen LogP) is 3.04. The highest BCUT2D eigenvalue weighted by Gasteiger charge is 2.23. The third-order valence-corrected chi connectivity index (χ3v) is 5.13. The van der Waals surface area contributed by atoms with E-state index in [0.29, 0.717) is 42.8 Å². The Labute approximate surface area is 172 Å². The van der Waals surface area contributed by atoms with Crippen LogP contribution in [0.2, 0.25) is 0 Å². The van der Waals surface area contributed by atoms with Gasteiger partial charge in [0.25, 0.3) is 5.69 Å². The maximum Gasteiger partial charge on any atom is 0.278 e. The van der Waals surface area contributed by atoms with Crippen LogP contribution in [0.4, 0.5) is 21.5 Å². The number of benzene rings is 2. The zero-order valence-corrected chi connectivity index (χ0v) is 16.1. The van der Waals surface area contributed by atoms with Crippen LogP contribution in [0, 0.1) is 15.9 Å². The minimum atomic E-state index is -0.397. The molecule has 1 saturated heterocycles. The van der Waals surface area contributed by atoms with Gasteiger partial charge in [-0.3, -0.25) is 24.8 Å². The maximum atomic E-state index is 13.0. The third-order valence-electron chi connectivity index (χ3n) is 5.13. The summed E-state index contributed by atoms with van der Waals surface area (Å²) in [6.07, 6.45) is 1.63. The number of nitro benzene ring substituents is 1. The van der Waals surface area contributed by atoms with Gasteiger partial charge in [0.2, 0.25) is 5.91 Å². The summed E-state index contributed by atoms with van der Waals surface area (Å²) < 4.78 is 13.0. The number of halogens is 1. The topological polar surface area (TPSA) is 91.6 Å². The zero-order valence-electron chi connectivity index (χ0n) is 16.1. The number of nitrogens with zero attached hydrogens (tertiary/aromatic N) is 4. The van der Waals surface area contributed by atoms with Gasteiger partial charge in [-0.25, -0.2) is 4.39 Å². The number of amides is 1. The monoisotopic (exact) mass is 409 g/mol. The van der Waals surface area contributed by atoms with Crippen LogP contribution in [0.5, 0.6) is 0 Å². The number of pyridine rings is 1. The minimum Gasteiger partial charge on any atom is -0.367 e. The largest absolute Gasteiger partial charge is 0.367 e. The first-order valence-corrected chi connectivity index (χ1v) is 9.56. The van der Waals surface area contributed by atoms with Crippen LogP contribution in [-0.2, 0) is 4.79 Å². The summed E-state index contributed by atoms with van der Waals surface area (Å²) in [6.45, 7) is 2.93. The first-order chi connectivity index (χ1) is 14.5. The first-order valence-electron chi connectivity index (χ1n) is 9.56. The van der Waals surface area contributed by atoms with Crippen molar-refractivity contribution in [2.24, 2.45) is 0 Å². The molecule has 0 bridgehead atoms. The fourth-order valence-corrected chi connectivity index (χ4v) is 3.64. The second-order valence-corrected chi connectivity index (χ2v) is 7.08. The van der Waals surface area contributed by atoms with E-state index < -0.39 is 4.92 Å². The predicted molar refractivity (Wildman–Crippen MR) is 112 cm³/mol. The molecule has 0 unspecified atom stereocenters. The number of nitrogens with one attached hydrogen (secondary N) is 1. The van der Waals surface area contributed by atoms with Crippen LogP contribution in [-0.4, -0.2) is 53.4 Å². The molecule has 1 amide bonds. The second kappa shape index (κ2) is 8.42. The molecule has 1 fully saturated rings. The van der Waals surface area contributed by atoms with Gasteiger partial charge in [0.1, 0.15) is 11.3 Å². The van der Waals surface area contributed by atoms with Crippen molar-refractivity contribution in [2.75, 3.05) is 42.9 Å². The standard InChI is InChI=1S/C21H20FN5O3/c22-15-3-5-16(6-4-15)24-20(28)14-25-10-12-26(13-11-25)19-8-7-18(27(29)30)17-2-1-9-23-21(17)19/h1-9H,10-14H2,(H,24,28). The third kappa shape index (κ3) is 4.20. The van der Waals surface area contributed by atoms with Gasteiger partial charge < -0.3 is 10.2 Å². The van der Waals surface area contributed by atoms with Crippen molar-refractivity contribution in [3.8, 4) is 0 Å². The van der Waals surface area contributed by atoms with E-state index >= 15 is 0 Å². The summed E-state index contributed by atoms with van der Waals surface area (Å²) in [4.78, 5) is 31.7. The molecule has 154 valence electrons. The van der Waals surface area contributed by atoms with E-state index in [1.807, 2.05) is 4.90 Å². The second-order valence-electron chi connectivity index (χ2n) is 7.08. The minimum absolute atomic E-state index is 0.0398. The molecule has 3 aromatic rings. The lowest BCUT2D eigenvalue weighted by molar-refractivity contribution is -0.383. The number of hydrogen-bond donors (Lipinski definition) is 1. The molecule has 4 rings (SSSR count). The Morgan fingerprint density at radius 1 is 1.10 bits per heavy atom. The summed E-state index contributed by atoms with van der Waals surface area (Å²) in [5.41, 5.74) is 2.06. The SMILES string of the molecule is O=C(CN1CCN(c2ccc([N+](=O)[O-])c3cccnc23)CC1)Nc1ccc(F)cc1. The van der Waals surface area contributed by atoms with Gasteiger partial charge in [-0.05, 0) is 42.5 Å². The molecule has 1 N–H and O–H groups in total. The number of aromatic nitrogens is 1. The van der Waals surface area contributed by atoms with Gasteiger partial charge >= 0.3 is 0 Å². The van der Waals surface area contributed by atoms with Crippen LogP contribution < -0.4 is 10.2 Å². The number of carbonyl (C=O) groups excluding carboxylic acids is 1. The Morgan fingerprint density at radius 2 is 1.83 bits per heavy atom. The molecule has 1 aliphatic heterocycles. The van der Waals surface area contributed by atoms with E-state index in [1.54, 1.807) is 24.4 Å². The molecule has 0 spiro atoms. The lowest BCUT2D eigenvalue weighted by atomic mass is 10.1. The van der Waals surface area contributed by atoms with E-state index in [1.165, 1.54) is 30.3 Å². The van der Waals surface area contributed by atoms with Crippen molar-refractivity contribution >= 4 is 33.9 Å². The molecule has 0 aliphatic carbocycles. The fourth-order valence-electron chi connectivity index (χ4n) is 3.64. The van der Waals surface area contributed by atoms with Crippen LogP contribution >= 0.6 is 0 Å². The number of non-ortho nitro benzene ring substituents is 1. The molecule has 9 heteroatoms. The molecule has 30 heavy (non-hydrogen) atoms. The van der Waals surface area contributed by atoms with Gasteiger partial charge in [-0.2, -0.15) is 0 Å². The molecule has 0 atom stereocenters. The zero-order chi connectivity index (χ0) is 21.1. The van der Waals surface area contributed by atoms with Crippen molar-refractivity contribution in [2.45, 2.75) is 0 Å². The van der Waals surface area contributed by atoms with Gasteiger partial charge in [-0.15, -0.1) is 0 Å². The smallest absolute Gasteiger partial charge is 0.278 e. The van der Waals surface area contributed by atoms with Crippen LogP contribution in [0.3, 0.4) is 0 Å². The molecule has 0 saturated carbocycles. The van der Waals surface area contributed by atoms with Crippen molar-refractivity contribution in [3.63, 3.8) is 0 Å². The van der Waals surface area contributed by atoms with Crippen LogP contribution in [0.1, 0.15) is 0 Å². The van der Waals surface area contributed by atoms with Gasteiger partial charge in [0.15, 0.2) is 0 Å². The number of hydrogen-bond acceptors (Lipinski definition) is 6. The average Bonchev–Trinajstić information content (AvgIpc) is 2.75. The highest BCUT2D eigenvalue weighted by molar-refractivity contribution is 5.97. The Balaban J connectivity index is 1.40. The average molecular weight is 409 g/mol. The summed E-state index contributed by atoms with van der Waals surface area (Å²) >= 11 is 0. The molecule has 0 radical (unpaired) electrons. The van der Waals surface area contributed by atoms with Crippen LogP contribution in [0.15, 0.2) is 54.7 Å². The number of fused-ring (bicyclic) bond motifs is 1. The summed E-state index contributed by atoms with van der Waals surface area (Å²) in [5, 5.41) is 14.6. The lowest BCUT2D eigenvalue weighted by Crippen LogP contribution is -2.48. The van der Waals surface area contributed by atoms with E-state index in [-0.39, 0.29) is 24.0 Å². The number of rotatable bonds is 5. The number of piperazine rings is 1. The Morgan fingerprint density at radius 3 is 2.53 bits per heavy atom.